The Morgan fingerprint density at radius 3 is 2.56 bits per heavy atom. The number of urea groups is 1. The first-order valence-electron chi connectivity index (χ1n) is 8.80. The average molecular weight is 342 g/mol. The summed E-state index contributed by atoms with van der Waals surface area (Å²) in [5.74, 6) is 0.00517. The SMILES string of the molecule is Cc1ccc(NC(=O)NC2CCN3C(=O)C4CCCN4C(=O)C23)cc1. The second-order valence-corrected chi connectivity index (χ2v) is 7.03. The summed E-state index contributed by atoms with van der Waals surface area (Å²) in [4.78, 5) is 41.0. The van der Waals surface area contributed by atoms with Crippen molar-refractivity contribution in [1.29, 1.82) is 0 Å². The van der Waals surface area contributed by atoms with Crippen molar-refractivity contribution >= 4 is 23.5 Å². The molecule has 132 valence electrons. The molecule has 7 nitrogen and oxygen atoms in total. The topological polar surface area (TPSA) is 81.8 Å². The molecule has 3 atom stereocenters. The van der Waals surface area contributed by atoms with Gasteiger partial charge in [0.2, 0.25) is 11.8 Å². The highest BCUT2D eigenvalue weighted by atomic mass is 16.2. The number of anilines is 1. The number of aryl methyl sites for hydroxylation is 1. The molecule has 0 aromatic heterocycles. The third kappa shape index (κ3) is 2.73. The highest BCUT2D eigenvalue weighted by Crippen LogP contribution is 2.32. The lowest BCUT2D eigenvalue weighted by Gasteiger charge is -2.40. The van der Waals surface area contributed by atoms with E-state index >= 15 is 0 Å². The van der Waals surface area contributed by atoms with Gasteiger partial charge in [0.05, 0.1) is 6.04 Å². The van der Waals surface area contributed by atoms with E-state index in [9.17, 15) is 14.4 Å². The van der Waals surface area contributed by atoms with Gasteiger partial charge >= 0.3 is 6.03 Å². The Balaban J connectivity index is 1.44. The zero-order valence-electron chi connectivity index (χ0n) is 14.2. The molecule has 3 aliphatic heterocycles. The van der Waals surface area contributed by atoms with Gasteiger partial charge in [-0.05, 0) is 38.3 Å². The molecule has 1 aromatic carbocycles. The van der Waals surface area contributed by atoms with Gasteiger partial charge in [-0.25, -0.2) is 4.79 Å². The minimum Gasteiger partial charge on any atom is -0.332 e. The van der Waals surface area contributed by atoms with E-state index in [4.69, 9.17) is 0 Å². The van der Waals surface area contributed by atoms with Crippen LogP contribution in [0, 0.1) is 6.92 Å². The molecular formula is C18H22N4O3. The van der Waals surface area contributed by atoms with Crippen LogP contribution in [-0.4, -0.2) is 58.9 Å². The Morgan fingerprint density at radius 1 is 1.04 bits per heavy atom. The maximum absolute atomic E-state index is 12.8. The van der Waals surface area contributed by atoms with Crippen molar-refractivity contribution in [2.45, 2.75) is 44.3 Å². The van der Waals surface area contributed by atoms with Gasteiger partial charge in [-0.3, -0.25) is 9.59 Å². The maximum Gasteiger partial charge on any atom is 0.319 e. The van der Waals surface area contributed by atoms with E-state index in [-0.39, 0.29) is 29.9 Å². The Bertz CT molecular complexity index is 718. The molecule has 7 heteroatoms. The fourth-order valence-corrected chi connectivity index (χ4v) is 4.12. The predicted molar refractivity (Wildman–Crippen MR) is 92.0 cm³/mol. The van der Waals surface area contributed by atoms with Crippen molar-refractivity contribution in [2.24, 2.45) is 0 Å². The van der Waals surface area contributed by atoms with Gasteiger partial charge in [0.15, 0.2) is 0 Å². The second kappa shape index (κ2) is 6.06. The van der Waals surface area contributed by atoms with Gasteiger partial charge in [-0.15, -0.1) is 0 Å². The number of carbonyl (C=O) groups is 3. The number of benzene rings is 1. The zero-order valence-corrected chi connectivity index (χ0v) is 14.2. The van der Waals surface area contributed by atoms with Crippen molar-refractivity contribution in [2.75, 3.05) is 18.4 Å². The van der Waals surface area contributed by atoms with Crippen molar-refractivity contribution in [3.8, 4) is 0 Å². The van der Waals surface area contributed by atoms with E-state index < -0.39 is 6.04 Å². The Labute approximate surface area is 146 Å². The third-order valence-electron chi connectivity index (χ3n) is 5.38. The van der Waals surface area contributed by atoms with Gasteiger partial charge in [0.1, 0.15) is 12.1 Å². The zero-order chi connectivity index (χ0) is 17.6. The van der Waals surface area contributed by atoms with Crippen LogP contribution in [0.25, 0.3) is 0 Å². The standard InChI is InChI=1S/C18H22N4O3/c1-11-4-6-12(7-5-11)19-18(25)20-13-8-10-22-15(13)17(24)21-9-2-3-14(21)16(22)23/h4-7,13-15H,2-3,8-10H2,1H3,(H2,19,20,25). The number of fused-ring (bicyclic) bond motifs is 2. The molecule has 0 bridgehead atoms. The highest BCUT2D eigenvalue weighted by Gasteiger charge is 2.53. The molecule has 4 rings (SSSR count). The Kier molecular flexibility index (Phi) is 3.86. The van der Waals surface area contributed by atoms with Crippen LogP contribution >= 0.6 is 0 Å². The number of nitrogens with one attached hydrogen (secondary N) is 2. The number of carbonyl (C=O) groups excluding carboxylic acids is 3. The minimum atomic E-state index is -0.564. The molecule has 3 heterocycles. The number of hydrogen-bond donors (Lipinski definition) is 2. The lowest BCUT2D eigenvalue weighted by Crippen LogP contribution is -2.64. The lowest BCUT2D eigenvalue weighted by molar-refractivity contribution is -0.157. The number of amides is 4. The van der Waals surface area contributed by atoms with E-state index in [0.29, 0.717) is 25.2 Å². The van der Waals surface area contributed by atoms with Gasteiger partial charge < -0.3 is 20.4 Å². The maximum atomic E-state index is 12.8. The van der Waals surface area contributed by atoms with Crippen molar-refractivity contribution < 1.29 is 14.4 Å². The van der Waals surface area contributed by atoms with Crippen molar-refractivity contribution in [3.05, 3.63) is 29.8 Å². The second-order valence-electron chi connectivity index (χ2n) is 7.03. The summed E-state index contributed by atoms with van der Waals surface area (Å²) < 4.78 is 0. The average Bonchev–Trinajstić information content (AvgIpc) is 3.22. The lowest BCUT2D eigenvalue weighted by atomic mass is 10.0. The summed E-state index contributed by atoms with van der Waals surface area (Å²) in [5, 5.41) is 5.67. The van der Waals surface area contributed by atoms with Crippen LogP contribution in [0.3, 0.4) is 0 Å². The van der Waals surface area contributed by atoms with Gasteiger partial charge in [0, 0.05) is 18.8 Å². The first-order chi connectivity index (χ1) is 12.0. The molecule has 3 saturated heterocycles. The fourth-order valence-electron chi connectivity index (χ4n) is 4.12. The number of rotatable bonds is 2. The van der Waals surface area contributed by atoms with Crippen LogP contribution < -0.4 is 10.6 Å². The Morgan fingerprint density at radius 2 is 1.80 bits per heavy atom. The van der Waals surface area contributed by atoms with Gasteiger partial charge in [-0.1, -0.05) is 17.7 Å². The molecule has 0 spiro atoms. The van der Waals surface area contributed by atoms with Crippen LogP contribution in [0.2, 0.25) is 0 Å². The van der Waals surface area contributed by atoms with E-state index in [1.165, 1.54) is 0 Å². The number of hydrogen-bond acceptors (Lipinski definition) is 3. The van der Waals surface area contributed by atoms with Crippen LogP contribution in [0.5, 0.6) is 0 Å². The van der Waals surface area contributed by atoms with Gasteiger partial charge in [0.25, 0.3) is 0 Å². The molecule has 2 N–H and O–H groups in total. The molecule has 0 saturated carbocycles. The molecule has 25 heavy (non-hydrogen) atoms. The molecule has 0 radical (unpaired) electrons. The first-order valence-corrected chi connectivity index (χ1v) is 8.80. The van der Waals surface area contributed by atoms with Crippen LogP contribution in [0.1, 0.15) is 24.8 Å². The quantitative estimate of drug-likeness (QED) is 0.844. The van der Waals surface area contributed by atoms with E-state index in [1.54, 1.807) is 9.80 Å². The normalized spacial score (nSPS) is 28.0. The predicted octanol–water partition coefficient (Wildman–Crippen LogP) is 1.09. The van der Waals surface area contributed by atoms with Crippen LogP contribution in [-0.2, 0) is 9.59 Å². The fraction of sp³-hybridized carbons (Fsp3) is 0.500. The van der Waals surface area contributed by atoms with Gasteiger partial charge in [-0.2, -0.15) is 0 Å². The van der Waals surface area contributed by atoms with Crippen molar-refractivity contribution in [1.82, 2.24) is 15.1 Å². The van der Waals surface area contributed by atoms with E-state index in [0.717, 1.165) is 18.4 Å². The minimum absolute atomic E-state index is 0.0276. The molecule has 4 amide bonds. The summed E-state index contributed by atoms with van der Waals surface area (Å²) >= 11 is 0. The largest absolute Gasteiger partial charge is 0.332 e. The molecule has 3 aliphatic rings. The van der Waals surface area contributed by atoms with Crippen LogP contribution in [0.15, 0.2) is 24.3 Å². The highest BCUT2D eigenvalue weighted by molar-refractivity contribution is 5.99. The van der Waals surface area contributed by atoms with Crippen LogP contribution in [0.4, 0.5) is 10.5 Å². The summed E-state index contributed by atoms with van der Waals surface area (Å²) in [5.41, 5.74) is 1.81. The van der Waals surface area contributed by atoms with E-state index in [1.807, 2.05) is 31.2 Å². The van der Waals surface area contributed by atoms with Crippen molar-refractivity contribution in [3.63, 3.8) is 0 Å². The summed E-state index contributed by atoms with van der Waals surface area (Å²) in [6, 6.07) is 5.96. The summed E-state index contributed by atoms with van der Waals surface area (Å²) in [6.45, 7) is 3.14. The smallest absolute Gasteiger partial charge is 0.319 e. The summed E-state index contributed by atoms with van der Waals surface area (Å²) in [6.07, 6.45) is 2.22. The summed E-state index contributed by atoms with van der Waals surface area (Å²) in [7, 11) is 0. The molecule has 0 aliphatic carbocycles. The number of nitrogens with zero attached hydrogens (tertiary/aromatic N) is 2. The Hall–Kier alpha value is -2.57. The molecular weight excluding hydrogens is 320 g/mol. The number of piperazine rings is 1. The first kappa shape index (κ1) is 15.9. The molecule has 1 aromatic rings. The molecule has 3 fully saturated rings. The molecule has 3 unspecified atom stereocenters. The third-order valence-corrected chi connectivity index (χ3v) is 5.38. The monoisotopic (exact) mass is 342 g/mol. The van der Waals surface area contributed by atoms with E-state index in [2.05, 4.69) is 10.6 Å².